The fraction of sp³-hybridized carbons (Fsp3) is 0.273. The molecule has 0 aliphatic rings. The number of nitrogens with zero attached hydrogens (tertiary/aromatic N) is 1. The molecule has 0 unspecified atom stereocenters. The average Bonchev–Trinajstić information content (AvgIpc) is 2.27. The summed E-state index contributed by atoms with van der Waals surface area (Å²) < 4.78 is 10.0. The van der Waals surface area contributed by atoms with Crippen LogP contribution in [0.5, 0.6) is 11.5 Å². The Kier molecular flexibility index (Phi) is 3.92. The summed E-state index contributed by atoms with van der Waals surface area (Å²) in [6.07, 6.45) is -0.00331. The van der Waals surface area contributed by atoms with Crippen molar-refractivity contribution in [2.75, 3.05) is 14.2 Å². The number of aliphatic hydroxyl groups is 1. The highest BCUT2D eigenvalue weighted by Crippen LogP contribution is 2.35. The minimum absolute atomic E-state index is 0.00331. The van der Waals surface area contributed by atoms with Gasteiger partial charge in [-0.25, -0.2) is 0 Å². The van der Waals surface area contributed by atoms with Crippen LogP contribution in [0, 0.1) is 10.1 Å². The molecule has 17 heavy (non-hydrogen) atoms. The zero-order chi connectivity index (χ0) is 13.0. The molecule has 0 aliphatic carbocycles. The van der Waals surface area contributed by atoms with Crippen LogP contribution in [-0.2, 0) is 6.42 Å². The normalized spacial score (nSPS) is 9.76. The largest absolute Gasteiger partial charge is 0.513 e. The predicted molar refractivity (Wildman–Crippen MR) is 61.7 cm³/mol. The Hall–Kier alpha value is -2.24. The van der Waals surface area contributed by atoms with Crippen LogP contribution in [0.25, 0.3) is 0 Å². The van der Waals surface area contributed by atoms with Gasteiger partial charge < -0.3 is 14.6 Å². The Bertz CT molecular complexity index is 455. The van der Waals surface area contributed by atoms with Crippen molar-refractivity contribution in [3.63, 3.8) is 0 Å². The summed E-state index contributed by atoms with van der Waals surface area (Å²) in [7, 11) is 2.83. The van der Waals surface area contributed by atoms with Gasteiger partial charge in [-0.1, -0.05) is 6.58 Å². The van der Waals surface area contributed by atoms with Gasteiger partial charge in [0.1, 0.15) is 0 Å². The van der Waals surface area contributed by atoms with Gasteiger partial charge in [0.2, 0.25) is 0 Å². The molecule has 0 fully saturated rings. The van der Waals surface area contributed by atoms with Crippen molar-refractivity contribution in [1.82, 2.24) is 0 Å². The van der Waals surface area contributed by atoms with Crippen LogP contribution in [0.1, 0.15) is 5.56 Å². The second-order valence-electron chi connectivity index (χ2n) is 3.34. The van der Waals surface area contributed by atoms with Gasteiger partial charge in [-0.2, -0.15) is 0 Å². The number of nitro benzene ring substituents is 1. The van der Waals surface area contributed by atoms with E-state index in [9.17, 15) is 10.1 Å². The first-order valence-corrected chi connectivity index (χ1v) is 4.75. The van der Waals surface area contributed by atoms with E-state index in [2.05, 4.69) is 6.58 Å². The van der Waals surface area contributed by atoms with E-state index in [4.69, 9.17) is 14.6 Å². The molecule has 0 saturated carbocycles. The maximum Gasteiger partial charge on any atom is 0.277 e. The van der Waals surface area contributed by atoms with Crippen LogP contribution in [-0.4, -0.2) is 24.2 Å². The van der Waals surface area contributed by atoms with Crippen molar-refractivity contribution in [3.05, 3.63) is 40.1 Å². The molecule has 1 aromatic carbocycles. The number of hydrogen-bond acceptors (Lipinski definition) is 5. The summed E-state index contributed by atoms with van der Waals surface area (Å²) in [6.45, 7) is 3.31. The quantitative estimate of drug-likeness (QED) is 0.484. The first-order chi connectivity index (χ1) is 7.99. The van der Waals surface area contributed by atoms with Crippen LogP contribution < -0.4 is 9.47 Å². The monoisotopic (exact) mass is 239 g/mol. The number of ether oxygens (including phenoxy) is 2. The number of nitro groups is 1. The van der Waals surface area contributed by atoms with E-state index in [0.29, 0.717) is 11.3 Å². The van der Waals surface area contributed by atoms with Crippen LogP contribution in [0.2, 0.25) is 0 Å². The lowest BCUT2D eigenvalue weighted by atomic mass is 10.1. The van der Waals surface area contributed by atoms with E-state index < -0.39 is 4.92 Å². The molecule has 6 nitrogen and oxygen atoms in total. The highest BCUT2D eigenvalue weighted by atomic mass is 16.6. The van der Waals surface area contributed by atoms with Gasteiger partial charge in [0.15, 0.2) is 11.5 Å². The smallest absolute Gasteiger partial charge is 0.277 e. The minimum Gasteiger partial charge on any atom is -0.513 e. The number of aliphatic hydroxyl groups excluding tert-OH is 1. The van der Waals surface area contributed by atoms with Crippen LogP contribution in [0.3, 0.4) is 0 Å². The van der Waals surface area contributed by atoms with Crippen molar-refractivity contribution in [3.8, 4) is 11.5 Å². The molecule has 0 saturated heterocycles. The van der Waals surface area contributed by atoms with Crippen molar-refractivity contribution >= 4 is 5.69 Å². The maximum absolute atomic E-state index is 10.9. The number of methoxy groups -OCH3 is 2. The fourth-order valence-electron chi connectivity index (χ4n) is 1.44. The molecular formula is C11H13NO5. The lowest BCUT2D eigenvalue weighted by molar-refractivity contribution is -0.385. The highest BCUT2D eigenvalue weighted by molar-refractivity contribution is 5.54. The maximum atomic E-state index is 10.9. The standard InChI is InChI=1S/C11H13NO5/c1-7(13)4-8-5-10(16-2)11(17-3)6-9(8)12(14)15/h5-6,13H,1,4H2,2-3H3. The zero-order valence-corrected chi connectivity index (χ0v) is 9.60. The molecule has 0 bridgehead atoms. The second kappa shape index (κ2) is 5.20. The molecule has 0 aliphatic heterocycles. The topological polar surface area (TPSA) is 81.8 Å². The molecule has 1 rings (SSSR count). The minimum atomic E-state index is -0.541. The number of benzene rings is 1. The number of allylic oxidation sites excluding steroid dienone is 1. The number of rotatable bonds is 5. The second-order valence-corrected chi connectivity index (χ2v) is 3.34. The molecule has 0 spiro atoms. The molecule has 1 N–H and O–H groups in total. The fourth-order valence-corrected chi connectivity index (χ4v) is 1.44. The van der Waals surface area contributed by atoms with Crippen molar-refractivity contribution in [2.24, 2.45) is 0 Å². The van der Waals surface area contributed by atoms with Gasteiger partial charge in [-0.3, -0.25) is 10.1 Å². The van der Waals surface area contributed by atoms with Gasteiger partial charge in [0, 0.05) is 12.0 Å². The molecule has 0 radical (unpaired) electrons. The summed E-state index contributed by atoms with van der Waals surface area (Å²) in [6, 6.07) is 2.72. The van der Waals surface area contributed by atoms with Gasteiger partial charge in [-0.15, -0.1) is 0 Å². The van der Waals surface area contributed by atoms with E-state index in [0.717, 1.165) is 0 Å². The first-order valence-electron chi connectivity index (χ1n) is 4.75. The Morgan fingerprint density at radius 2 is 1.94 bits per heavy atom. The Morgan fingerprint density at radius 3 is 2.35 bits per heavy atom. The summed E-state index contributed by atoms with van der Waals surface area (Å²) in [5, 5.41) is 20.0. The molecule has 6 heteroatoms. The third-order valence-corrected chi connectivity index (χ3v) is 2.18. The zero-order valence-electron chi connectivity index (χ0n) is 9.60. The van der Waals surface area contributed by atoms with E-state index in [1.165, 1.54) is 26.4 Å². The Balaban J connectivity index is 3.34. The summed E-state index contributed by atoms with van der Waals surface area (Å²) in [5.74, 6) is 0.487. The Labute approximate surface area is 98.2 Å². The van der Waals surface area contributed by atoms with Crippen LogP contribution in [0.15, 0.2) is 24.5 Å². The summed E-state index contributed by atoms with van der Waals surface area (Å²) >= 11 is 0. The third-order valence-electron chi connectivity index (χ3n) is 2.18. The summed E-state index contributed by atoms with van der Waals surface area (Å²) in [5.41, 5.74) is 0.179. The highest BCUT2D eigenvalue weighted by Gasteiger charge is 2.19. The first kappa shape index (κ1) is 12.8. The van der Waals surface area contributed by atoms with Gasteiger partial charge in [0.05, 0.1) is 31.0 Å². The van der Waals surface area contributed by atoms with Crippen molar-refractivity contribution in [1.29, 1.82) is 0 Å². The average molecular weight is 239 g/mol. The Morgan fingerprint density at radius 1 is 1.41 bits per heavy atom. The SMILES string of the molecule is C=C(O)Cc1cc(OC)c(OC)cc1[N+](=O)[O-]. The number of hydrogen-bond donors (Lipinski definition) is 1. The molecular weight excluding hydrogens is 226 g/mol. The summed E-state index contributed by atoms with van der Waals surface area (Å²) in [4.78, 5) is 10.3. The van der Waals surface area contributed by atoms with E-state index in [1.807, 2.05) is 0 Å². The molecule has 92 valence electrons. The van der Waals surface area contributed by atoms with E-state index in [1.54, 1.807) is 0 Å². The van der Waals surface area contributed by atoms with Crippen LogP contribution >= 0.6 is 0 Å². The van der Waals surface area contributed by atoms with Gasteiger partial charge >= 0.3 is 0 Å². The van der Waals surface area contributed by atoms with Crippen LogP contribution in [0.4, 0.5) is 5.69 Å². The van der Waals surface area contributed by atoms with E-state index >= 15 is 0 Å². The lowest BCUT2D eigenvalue weighted by Gasteiger charge is -2.10. The molecule has 0 atom stereocenters. The molecule has 0 heterocycles. The van der Waals surface area contributed by atoms with E-state index in [-0.39, 0.29) is 23.6 Å². The van der Waals surface area contributed by atoms with Gasteiger partial charge in [0.25, 0.3) is 5.69 Å². The lowest BCUT2D eigenvalue weighted by Crippen LogP contribution is -2.00. The molecule has 0 aromatic heterocycles. The van der Waals surface area contributed by atoms with Gasteiger partial charge in [-0.05, 0) is 6.07 Å². The third kappa shape index (κ3) is 2.87. The van der Waals surface area contributed by atoms with Crippen molar-refractivity contribution in [2.45, 2.75) is 6.42 Å². The van der Waals surface area contributed by atoms with Crippen molar-refractivity contribution < 1.29 is 19.5 Å². The predicted octanol–water partition coefficient (Wildman–Crippen LogP) is 2.23. The molecule has 1 aromatic rings. The molecule has 0 amide bonds.